The number of quaternary nitrogens is 1. The van der Waals surface area contributed by atoms with Gasteiger partial charge in [-0.1, -0.05) is 18.2 Å². The van der Waals surface area contributed by atoms with Crippen LogP contribution < -0.4 is 10.2 Å². The van der Waals surface area contributed by atoms with Gasteiger partial charge in [0.05, 0.1) is 24.2 Å². The topological polar surface area (TPSA) is 57.3 Å². The molecule has 2 aromatic carbocycles. The predicted molar refractivity (Wildman–Crippen MR) is 91.3 cm³/mol. The summed E-state index contributed by atoms with van der Waals surface area (Å²) in [5.74, 6) is -0.232. The number of benzene rings is 2. The first-order chi connectivity index (χ1) is 12.2. The van der Waals surface area contributed by atoms with E-state index in [0.29, 0.717) is 23.4 Å². The molecule has 2 N–H and O–H groups in total. The molecule has 0 aliphatic rings. The maximum absolute atomic E-state index is 12.6. The first-order valence-corrected chi connectivity index (χ1v) is 8.00. The highest BCUT2D eigenvalue weighted by Gasteiger charge is 2.30. The van der Waals surface area contributed by atoms with Crippen LogP contribution >= 0.6 is 0 Å². The van der Waals surface area contributed by atoms with Crippen LogP contribution in [0.15, 0.2) is 48.5 Å². The second-order valence-electron chi connectivity index (χ2n) is 6.12. The minimum absolute atomic E-state index is 0.232. The third-order valence-corrected chi connectivity index (χ3v) is 4.16. The summed E-state index contributed by atoms with van der Waals surface area (Å²) in [4.78, 5) is 13.2. The van der Waals surface area contributed by atoms with E-state index in [1.54, 1.807) is 38.2 Å². The molecule has 0 heterocycles. The number of hydrogen-bond donors (Lipinski definition) is 2. The number of nitrogens with one attached hydrogen (secondary N) is 2. The zero-order valence-corrected chi connectivity index (χ0v) is 14.4. The van der Waals surface area contributed by atoms with Crippen LogP contribution in [0.4, 0.5) is 18.9 Å². The van der Waals surface area contributed by atoms with Crippen molar-refractivity contribution >= 4 is 11.6 Å². The van der Waals surface area contributed by atoms with E-state index in [1.807, 2.05) is 6.07 Å². The standard InChI is InChI=1S/C19H18F3N3O/c1-13(18(26)24-17-5-3-4-15(10-17)11-23)25(2)12-14-6-8-16(9-7-14)19(20,21)22/h3-10,13H,12H2,1-2H3,(H,24,26)/p+1/t13-/m1/s1. The molecule has 1 unspecified atom stereocenters. The predicted octanol–water partition coefficient (Wildman–Crippen LogP) is 2.62. The maximum Gasteiger partial charge on any atom is 0.416 e. The highest BCUT2D eigenvalue weighted by atomic mass is 19.4. The largest absolute Gasteiger partial charge is 0.416 e. The number of likely N-dealkylation sites (N-methyl/N-ethyl adjacent to an activating group) is 1. The molecule has 2 rings (SSSR count). The summed E-state index contributed by atoms with van der Waals surface area (Å²) in [7, 11) is 1.80. The van der Waals surface area contributed by atoms with E-state index >= 15 is 0 Å². The summed E-state index contributed by atoms with van der Waals surface area (Å²) in [5.41, 5.74) is 0.993. The molecule has 4 nitrogen and oxygen atoms in total. The van der Waals surface area contributed by atoms with Crippen LogP contribution in [0.25, 0.3) is 0 Å². The van der Waals surface area contributed by atoms with E-state index in [9.17, 15) is 18.0 Å². The normalized spacial score (nSPS) is 13.5. The Kier molecular flexibility index (Phi) is 6.01. The van der Waals surface area contributed by atoms with Crippen LogP contribution in [0.3, 0.4) is 0 Å². The summed E-state index contributed by atoms with van der Waals surface area (Å²) in [6.45, 7) is 2.15. The van der Waals surface area contributed by atoms with Gasteiger partial charge in [-0.2, -0.15) is 18.4 Å². The van der Waals surface area contributed by atoms with Crippen LogP contribution in [-0.4, -0.2) is 19.0 Å². The minimum Gasteiger partial charge on any atom is -0.324 e. The number of carbonyl (C=O) groups excluding carboxylic acids is 1. The van der Waals surface area contributed by atoms with Gasteiger partial charge in [0, 0.05) is 11.3 Å². The summed E-state index contributed by atoms with van der Waals surface area (Å²) in [6.07, 6.45) is -4.36. The van der Waals surface area contributed by atoms with Gasteiger partial charge in [0.2, 0.25) is 0 Å². The fraction of sp³-hybridized carbons (Fsp3) is 0.263. The number of halogens is 3. The summed E-state index contributed by atoms with van der Waals surface area (Å²) in [6, 6.07) is 13.1. The number of anilines is 1. The fourth-order valence-electron chi connectivity index (χ4n) is 2.43. The molecule has 0 saturated heterocycles. The molecule has 0 aliphatic carbocycles. The summed E-state index contributed by atoms with van der Waals surface area (Å²) in [5, 5.41) is 11.6. The van der Waals surface area contributed by atoms with E-state index in [4.69, 9.17) is 5.26 Å². The van der Waals surface area contributed by atoms with Gasteiger partial charge < -0.3 is 10.2 Å². The number of nitrogens with zero attached hydrogens (tertiary/aromatic N) is 1. The first-order valence-electron chi connectivity index (χ1n) is 8.00. The Bertz CT molecular complexity index is 810. The maximum atomic E-state index is 12.6. The number of alkyl halides is 3. The van der Waals surface area contributed by atoms with Gasteiger partial charge >= 0.3 is 6.18 Å². The SMILES string of the molecule is C[C@H](C(=O)Nc1cccc(C#N)c1)[NH+](C)Cc1ccc(C(F)(F)F)cc1. The lowest BCUT2D eigenvalue weighted by molar-refractivity contribution is -0.907. The summed E-state index contributed by atoms with van der Waals surface area (Å²) < 4.78 is 37.8. The zero-order chi connectivity index (χ0) is 19.3. The Morgan fingerprint density at radius 1 is 1.23 bits per heavy atom. The molecule has 136 valence electrons. The summed E-state index contributed by atoms with van der Waals surface area (Å²) >= 11 is 0. The van der Waals surface area contributed by atoms with Crippen molar-refractivity contribution in [2.75, 3.05) is 12.4 Å². The molecule has 0 spiro atoms. The van der Waals surface area contributed by atoms with Crippen molar-refractivity contribution in [3.63, 3.8) is 0 Å². The average Bonchev–Trinajstić information content (AvgIpc) is 2.60. The second-order valence-corrected chi connectivity index (χ2v) is 6.12. The van der Waals surface area contributed by atoms with E-state index < -0.39 is 17.8 Å². The van der Waals surface area contributed by atoms with Gasteiger partial charge in [0.1, 0.15) is 6.54 Å². The molecule has 0 aliphatic heterocycles. The van der Waals surface area contributed by atoms with Crippen LogP contribution in [-0.2, 0) is 17.5 Å². The van der Waals surface area contributed by atoms with E-state index in [1.165, 1.54) is 12.1 Å². The van der Waals surface area contributed by atoms with Crippen molar-refractivity contribution in [1.29, 1.82) is 5.26 Å². The van der Waals surface area contributed by atoms with Crippen molar-refractivity contribution in [1.82, 2.24) is 0 Å². The van der Waals surface area contributed by atoms with Crippen molar-refractivity contribution in [3.8, 4) is 6.07 Å². The molecule has 0 aromatic heterocycles. The van der Waals surface area contributed by atoms with Crippen LogP contribution in [0, 0.1) is 11.3 Å². The lowest BCUT2D eigenvalue weighted by Gasteiger charge is -2.21. The Labute approximate surface area is 149 Å². The molecule has 0 fully saturated rings. The first kappa shape index (κ1) is 19.5. The molecular formula is C19H19F3N3O+. The van der Waals surface area contributed by atoms with E-state index in [2.05, 4.69) is 5.32 Å². The van der Waals surface area contributed by atoms with Crippen LogP contribution in [0.1, 0.15) is 23.6 Å². The van der Waals surface area contributed by atoms with Crippen molar-refractivity contribution in [2.45, 2.75) is 25.7 Å². The van der Waals surface area contributed by atoms with Crippen LogP contribution in [0.5, 0.6) is 0 Å². The van der Waals surface area contributed by atoms with Crippen molar-refractivity contribution in [2.24, 2.45) is 0 Å². The van der Waals surface area contributed by atoms with E-state index in [-0.39, 0.29) is 5.91 Å². The molecular weight excluding hydrogens is 343 g/mol. The van der Waals surface area contributed by atoms with Gasteiger partial charge in [-0.3, -0.25) is 4.79 Å². The third kappa shape index (κ3) is 5.07. The Morgan fingerprint density at radius 3 is 2.46 bits per heavy atom. The van der Waals surface area contributed by atoms with Gasteiger partial charge in [-0.25, -0.2) is 0 Å². The molecule has 2 aromatic rings. The molecule has 0 bridgehead atoms. The monoisotopic (exact) mass is 362 g/mol. The van der Waals surface area contributed by atoms with Gasteiger partial charge in [-0.15, -0.1) is 0 Å². The average molecular weight is 362 g/mol. The molecule has 26 heavy (non-hydrogen) atoms. The van der Waals surface area contributed by atoms with Gasteiger partial charge in [0.15, 0.2) is 6.04 Å². The quantitative estimate of drug-likeness (QED) is 0.859. The van der Waals surface area contributed by atoms with Crippen LogP contribution in [0.2, 0.25) is 0 Å². The lowest BCUT2D eigenvalue weighted by atomic mass is 10.1. The Morgan fingerprint density at radius 2 is 1.88 bits per heavy atom. The number of nitriles is 1. The van der Waals surface area contributed by atoms with Gasteiger partial charge in [0.25, 0.3) is 5.91 Å². The Hall–Kier alpha value is -2.85. The third-order valence-electron chi connectivity index (χ3n) is 4.16. The number of amides is 1. The number of rotatable bonds is 5. The van der Waals surface area contributed by atoms with Crippen molar-refractivity contribution in [3.05, 3.63) is 65.2 Å². The molecule has 0 saturated carbocycles. The number of carbonyl (C=O) groups is 1. The fourth-order valence-corrected chi connectivity index (χ4v) is 2.43. The molecule has 1 amide bonds. The minimum atomic E-state index is -4.36. The Balaban J connectivity index is 1.98. The van der Waals surface area contributed by atoms with E-state index in [0.717, 1.165) is 17.0 Å². The highest BCUT2D eigenvalue weighted by Crippen LogP contribution is 2.28. The lowest BCUT2D eigenvalue weighted by Crippen LogP contribution is -3.12. The highest BCUT2D eigenvalue weighted by molar-refractivity contribution is 5.93. The van der Waals surface area contributed by atoms with Crippen molar-refractivity contribution < 1.29 is 22.9 Å². The van der Waals surface area contributed by atoms with Gasteiger partial charge in [-0.05, 0) is 37.3 Å². The number of hydrogen-bond acceptors (Lipinski definition) is 2. The zero-order valence-electron chi connectivity index (χ0n) is 14.4. The smallest absolute Gasteiger partial charge is 0.324 e. The second kappa shape index (κ2) is 8.02. The molecule has 0 radical (unpaired) electrons. The molecule has 7 heteroatoms. The molecule has 2 atom stereocenters.